The Morgan fingerprint density at radius 3 is 2.71 bits per heavy atom. The highest BCUT2D eigenvalue weighted by atomic mass is 32.1. The van der Waals surface area contributed by atoms with Crippen LogP contribution < -0.4 is 16.8 Å². The number of hydrogen-bond acceptors (Lipinski definition) is 6. The summed E-state index contributed by atoms with van der Waals surface area (Å²) in [4.78, 5) is 33.4. The van der Waals surface area contributed by atoms with E-state index in [4.69, 9.17) is 11.5 Å². The van der Waals surface area contributed by atoms with E-state index in [1.165, 1.54) is 11.1 Å². The topological polar surface area (TPSA) is 127 Å². The Balaban J connectivity index is 1.59. The molecule has 3 heterocycles. The van der Waals surface area contributed by atoms with Crippen molar-refractivity contribution in [2.75, 3.05) is 17.6 Å². The molecular formula is C19H17F3N6O2S. The number of nitrogens with two attached hydrogens (primary N) is 2. The molecule has 2 aromatic heterocycles. The van der Waals surface area contributed by atoms with Gasteiger partial charge in [-0.3, -0.25) is 10.1 Å². The first-order valence-corrected chi connectivity index (χ1v) is 10.1. The number of hydrogen-bond donors (Lipinski definition) is 3. The highest BCUT2D eigenvalue weighted by Crippen LogP contribution is 2.36. The van der Waals surface area contributed by atoms with Gasteiger partial charge in [-0.1, -0.05) is 17.4 Å². The van der Waals surface area contributed by atoms with Gasteiger partial charge in [-0.15, -0.1) is 0 Å². The van der Waals surface area contributed by atoms with Gasteiger partial charge >= 0.3 is 12.2 Å². The molecule has 1 aliphatic heterocycles. The molecular weight excluding hydrogens is 433 g/mol. The summed E-state index contributed by atoms with van der Waals surface area (Å²) in [5.41, 5.74) is 11.0. The summed E-state index contributed by atoms with van der Waals surface area (Å²) in [5, 5.41) is 2.97. The molecule has 162 valence electrons. The molecule has 1 fully saturated rings. The van der Waals surface area contributed by atoms with Crippen molar-refractivity contribution in [1.29, 1.82) is 0 Å². The largest absolute Gasteiger partial charge is 0.419 e. The maximum Gasteiger partial charge on any atom is 0.419 e. The number of nitrogen functional groups attached to an aromatic ring is 1. The van der Waals surface area contributed by atoms with Crippen LogP contribution in [-0.4, -0.2) is 39.4 Å². The molecule has 31 heavy (non-hydrogen) atoms. The van der Waals surface area contributed by atoms with Gasteiger partial charge in [-0.05, 0) is 36.6 Å². The molecule has 5 N–H and O–H groups in total. The van der Waals surface area contributed by atoms with E-state index < -0.39 is 35.5 Å². The molecule has 4 rings (SSSR count). The lowest BCUT2D eigenvalue weighted by Crippen LogP contribution is -2.45. The standard InChI is InChI=1S/C19H17F3N6O2S/c20-19(21,22)11-6-10(8-25-15(11)23)9-3-4-12-14(7-9)31-17(26-12)27-18(30)28-5-1-2-13(28)16(24)29/h3-4,6-8,13H,1-2,5H2,(H2,23,25)(H2,24,29)(H,26,27,30). The predicted octanol–water partition coefficient (Wildman–Crippen LogP) is 3.44. The van der Waals surface area contributed by atoms with Crippen LogP contribution in [-0.2, 0) is 11.0 Å². The molecule has 0 aliphatic carbocycles. The van der Waals surface area contributed by atoms with Gasteiger partial charge < -0.3 is 16.4 Å². The minimum atomic E-state index is -4.61. The minimum Gasteiger partial charge on any atom is -0.383 e. The number of halogens is 3. The quantitative estimate of drug-likeness (QED) is 0.563. The van der Waals surface area contributed by atoms with E-state index in [0.29, 0.717) is 40.3 Å². The lowest BCUT2D eigenvalue weighted by molar-refractivity contribution is -0.137. The van der Waals surface area contributed by atoms with Crippen molar-refractivity contribution in [2.45, 2.75) is 25.1 Å². The minimum absolute atomic E-state index is 0.253. The molecule has 0 spiro atoms. The van der Waals surface area contributed by atoms with E-state index in [-0.39, 0.29) is 5.56 Å². The number of anilines is 2. The zero-order valence-corrected chi connectivity index (χ0v) is 16.8. The van der Waals surface area contributed by atoms with Crippen LogP contribution in [0.5, 0.6) is 0 Å². The summed E-state index contributed by atoms with van der Waals surface area (Å²) in [6.07, 6.45) is -2.15. The molecule has 12 heteroatoms. The van der Waals surface area contributed by atoms with Crippen LogP contribution in [0, 0.1) is 0 Å². The molecule has 0 radical (unpaired) electrons. The number of benzene rings is 1. The summed E-state index contributed by atoms with van der Waals surface area (Å²) < 4.78 is 40.0. The fourth-order valence-corrected chi connectivity index (χ4v) is 4.38. The van der Waals surface area contributed by atoms with Crippen molar-refractivity contribution in [1.82, 2.24) is 14.9 Å². The SMILES string of the molecule is NC(=O)C1CCCN1C(=O)Nc1nc2ccc(-c3cnc(N)c(C(F)(F)F)c3)cc2s1. The van der Waals surface area contributed by atoms with E-state index in [1.807, 2.05) is 0 Å². The maximum atomic E-state index is 13.1. The number of nitrogens with one attached hydrogen (secondary N) is 1. The molecule has 1 aliphatic rings. The first-order chi connectivity index (χ1) is 14.6. The smallest absolute Gasteiger partial charge is 0.383 e. The summed E-state index contributed by atoms with van der Waals surface area (Å²) in [5.74, 6) is -1.15. The van der Waals surface area contributed by atoms with Crippen LogP contribution in [0.15, 0.2) is 30.5 Å². The Labute approximate surface area is 178 Å². The number of nitrogens with zero attached hydrogens (tertiary/aromatic N) is 3. The Kier molecular flexibility index (Phi) is 5.17. The van der Waals surface area contributed by atoms with Crippen LogP contribution in [0.3, 0.4) is 0 Å². The lowest BCUT2D eigenvalue weighted by Gasteiger charge is -2.21. The van der Waals surface area contributed by atoms with Crippen molar-refractivity contribution >= 4 is 44.4 Å². The zero-order chi connectivity index (χ0) is 22.3. The molecule has 1 aromatic carbocycles. The Bertz CT molecular complexity index is 1180. The molecule has 3 aromatic rings. The zero-order valence-electron chi connectivity index (χ0n) is 15.9. The first kappa shape index (κ1) is 20.8. The van der Waals surface area contributed by atoms with Crippen LogP contribution in [0.4, 0.5) is 28.9 Å². The predicted molar refractivity (Wildman–Crippen MR) is 110 cm³/mol. The number of aromatic nitrogens is 2. The van der Waals surface area contributed by atoms with Crippen molar-refractivity contribution in [2.24, 2.45) is 5.73 Å². The summed E-state index contributed by atoms with van der Waals surface area (Å²) >= 11 is 1.16. The summed E-state index contributed by atoms with van der Waals surface area (Å²) in [6, 6.07) is 4.75. The number of carbonyl (C=O) groups excluding carboxylic acids is 2. The van der Waals surface area contributed by atoms with Gasteiger partial charge in [0.05, 0.1) is 15.8 Å². The maximum absolute atomic E-state index is 13.1. The average molecular weight is 450 g/mol. The van der Waals surface area contributed by atoms with Gasteiger partial charge in [0.1, 0.15) is 11.9 Å². The van der Waals surface area contributed by atoms with Crippen molar-refractivity contribution in [3.05, 3.63) is 36.0 Å². The van der Waals surface area contributed by atoms with E-state index in [2.05, 4.69) is 15.3 Å². The Hall–Kier alpha value is -3.41. The number of primary amides is 1. The van der Waals surface area contributed by atoms with Gasteiger partial charge in [0.25, 0.3) is 0 Å². The van der Waals surface area contributed by atoms with Gasteiger partial charge in [-0.25, -0.2) is 14.8 Å². The van der Waals surface area contributed by atoms with Gasteiger partial charge in [-0.2, -0.15) is 13.2 Å². The van der Waals surface area contributed by atoms with Gasteiger partial charge in [0, 0.05) is 18.3 Å². The number of rotatable bonds is 3. The molecule has 1 saturated heterocycles. The van der Waals surface area contributed by atoms with Crippen molar-refractivity contribution < 1.29 is 22.8 Å². The highest BCUT2D eigenvalue weighted by molar-refractivity contribution is 7.22. The number of likely N-dealkylation sites (tertiary alicyclic amines) is 1. The second-order valence-corrected chi connectivity index (χ2v) is 8.07. The van der Waals surface area contributed by atoms with E-state index in [9.17, 15) is 22.8 Å². The van der Waals surface area contributed by atoms with Crippen LogP contribution >= 0.6 is 11.3 Å². The van der Waals surface area contributed by atoms with Crippen molar-refractivity contribution in [3.63, 3.8) is 0 Å². The third-order valence-electron chi connectivity index (χ3n) is 5.00. The number of carbonyl (C=O) groups is 2. The molecule has 3 amide bonds. The monoisotopic (exact) mass is 450 g/mol. The number of pyridine rings is 1. The van der Waals surface area contributed by atoms with Crippen LogP contribution in [0.25, 0.3) is 21.3 Å². The first-order valence-electron chi connectivity index (χ1n) is 9.24. The average Bonchev–Trinajstić information content (AvgIpc) is 3.33. The third-order valence-corrected chi connectivity index (χ3v) is 5.94. The highest BCUT2D eigenvalue weighted by Gasteiger charge is 2.34. The van der Waals surface area contributed by atoms with E-state index in [1.54, 1.807) is 18.2 Å². The fourth-order valence-electron chi connectivity index (χ4n) is 3.49. The number of urea groups is 1. The molecule has 1 unspecified atom stereocenters. The Morgan fingerprint density at radius 2 is 2.00 bits per heavy atom. The Morgan fingerprint density at radius 1 is 1.23 bits per heavy atom. The molecule has 0 saturated carbocycles. The fraction of sp³-hybridized carbons (Fsp3) is 0.263. The number of amides is 3. The van der Waals surface area contributed by atoms with E-state index >= 15 is 0 Å². The lowest BCUT2D eigenvalue weighted by atomic mass is 10.1. The van der Waals surface area contributed by atoms with Gasteiger partial charge in [0.2, 0.25) is 5.91 Å². The van der Waals surface area contributed by atoms with Crippen LogP contribution in [0.1, 0.15) is 18.4 Å². The van der Waals surface area contributed by atoms with E-state index in [0.717, 1.165) is 17.4 Å². The number of fused-ring (bicyclic) bond motifs is 1. The van der Waals surface area contributed by atoms with Crippen molar-refractivity contribution in [3.8, 4) is 11.1 Å². The molecule has 8 nitrogen and oxygen atoms in total. The normalized spacial score (nSPS) is 16.6. The second-order valence-electron chi connectivity index (χ2n) is 7.04. The second kappa shape index (κ2) is 7.69. The summed E-state index contributed by atoms with van der Waals surface area (Å²) in [6.45, 7) is 0.417. The third kappa shape index (κ3) is 4.10. The van der Waals surface area contributed by atoms with Crippen LogP contribution in [0.2, 0.25) is 0 Å². The van der Waals surface area contributed by atoms with Gasteiger partial charge in [0.15, 0.2) is 5.13 Å². The number of thiazole rings is 1. The number of alkyl halides is 3. The summed E-state index contributed by atoms with van der Waals surface area (Å²) in [7, 11) is 0. The molecule has 0 bridgehead atoms. The molecule has 1 atom stereocenters.